The molecule has 2 fully saturated rings. The van der Waals surface area contributed by atoms with Crippen molar-refractivity contribution in [2.24, 2.45) is 5.73 Å². The Balaban J connectivity index is 0.00000169. The minimum atomic E-state index is -0.740. The summed E-state index contributed by atoms with van der Waals surface area (Å²) in [6, 6.07) is 8.79. The van der Waals surface area contributed by atoms with Gasteiger partial charge in [-0.2, -0.15) is 0 Å². The Hall–Kier alpha value is -0.850. The van der Waals surface area contributed by atoms with E-state index in [1.165, 1.54) is 11.1 Å². The van der Waals surface area contributed by atoms with E-state index in [1.807, 2.05) is 0 Å². The number of carbonyl (C=O) groups excluding carboxylic acids is 1. The molecular formula is C19H31Cl2N3O2. The van der Waals surface area contributed by atoms with E-state index in [2.05, 4.69) is 41.4 Å². The van der Waals surface area contributed by atoms with Crippen LogP contribution in [0.15, 0.2) is 24.3 Å². The number of benzene rings is 1. The number of nitrogens with two attached hydrogens (primary N) is 1. The third-order valence-electron chi connectivity index (χ3n) is 5.42. The van der Waals surface area contributed by atoms with Crippen LogP contribution < -0.4 is 11.1 Å². The zero-order valence-corrected chi connectivity index (χ0v) is 17.0. The standard InChI is InChI=1S/C19H29N3O2.2ClH/c1-15-4-2-3-5-16(15)14-22-10-6-17(7-11-22)21-18(23)19(20)8-12-24-13-9-19;;/h2-5,17H,6-14,20H2,1H3,(H,21,23);2*1H. The third kappa shape index (κ3) is 5.83. The summed E-state index contributed by atoms with van der Waals surface area (Å²) in [7, 11) is 0. The summed E-state index contributed by atoms with van der Waals surface area (Å²) in [5, 5.41) is 3.18. The van der Waals surface area contributed by atoms with Crippen molar-refractivity contribution >= 4 is 30.7 Å². The fourth-order valence-corrected chi connectivity index (χ4v) is 3.56. The van der Waals surface area contributed by atoms with Crippen LogP contribution in [0.1, 0.15) is 36.8 Å². The molecule has 7 heteroatoms. The summed E-state index contributed by atoms with van der Waals surface area (Å²) in [6.07, 6.45) is 3.21. The van der Waals surface area contributed by atoms with E-state index in [1.54, 1.807) is 0 Å². The van der Waals surface area contributed by atoms with Crippen LogP contribution in [0.5, 0.6) is 0 Å². The maximum atomic E-state index is 12.5. The Kier molecular flexibility index (Phi) is 9.34. The SMILES string of the molecule is Cc1ccccc1CN1CCC(NC(=O)C2(N)CCOCC2)CC1.Cl.Cl. The van der Waals surface area contributed by atoms with E-state index < -0.39 is 5.54 Å². The van der Waals surface area contributed by atoms with Crippen molar-refractivity contribution in [3.05, 3.63) is 35.4 Å². The van der Waals surface area contributed by atoms with Crippen LogP contribution in [0.25, 0.3) is 0 Å². The number of aryl methyl sites for hydroxylation is 1. The second-order valence-corrected chi connectivity index (χ2v) is 7.22. The van der Waals surface area contributed by atoms with Crippen molar-refractivity contribution in [1.82, 2.24) is 10.2 Å². The highest BCUT2D eigenvalue weighted by molar-refractivity contribution is 5.86. The number of halogens is 2. The van der Waals surface area contributed by atoms with Crippen molar-refractivity contribution in [1.29, 1.82) is 0 Å². The van der Waals surface area contributed by atoms with Gasteiger partial charge in [0.05, 0.1) is 5.54 Å². The van der Waals surface area contributed by atoms with Gasteiger partial charge in [-0.3, -0.25) is 9.69 Å². The monoisotopic (exact) mass is 403 g/mol. The van der Waals surface area contributed by atoms with Crippen molar-refractivity contribution < 1.29 is 9.53 Å². The molecule has 0 aliphatic carbocycles. The maximum absolute atomic E-state index is 12.5. The number of piperidine rings is 1. The first-order valence-electron chi connectivity index (χ1n) is 9.01. The molecule has 0 saturated carbocycles. The van der Waals surface area contributed by atoms with Gasteiger partial charge in [-0.05, 0) is 43.7 Å². The van der Waals surface area contributed by atoms with E-state index in [9.17, 15) is 4.79 Å². The summed E-state index contributed by atoms with van der Waals surface area (Å²) in [5.74, 6) is 0.00292. The lowest BCUT2D eigenvalue weighted by atomic mass is 9.89. The molecule has 1 amide bonds. The molecule has 3 N–H and O–H groups in total. The first-order chi connectivity index (χ1) is 11.6. The molecule has 148 valence electrons. The lowest BCUT2D eigenvalue weighted by molar-refractivity contribution is -0.130. The maximum Gasteiger partial charge on any atom is 0.240 e. The minimum absolute atomic E-state index is 0. The van der Waals surface area contributed by atoms with Gasteiger partial charge in [0.15, 0.2) is 0 Å². The van der Waals surface area contributed by atoms with Crippen LogP contribution in [0, 0.1) is 6.92 Å². The molecule has 1 aromatic carbocycles. The highest BCUT2D eigenvalue weighted by atomic mass is 35.5. The molecule has 3 rings (SSSR count). The molecule has 0 atom stereocenters. The fraction of sp³-hybridized carbons (Fsp3) is 0.632. The zero-order valence-electron chi connectivity index (χ0n) is 15.4. The Morgan fingerprint density at radius 3 is 2.46 bits per heavy atom. The lowest BCUT2D eigenvalue weighted by Gasteiger charge is -2.36. The van der Waals surface area contributed by atoms with Gasteiger partial charge in [-0.1, -0.05) is 24.3 Å². The number of amides is 1. The average Bonchev–Trinajstić information content (AvgIpc) is 2.59. The van der Waals surface area contributed by atoms with Crippen LogP contribution in [0.3, 0.4) is 0 Å². The summed E-state index contributed by atoms with van der Waals surface area (Å²) in [4.78, 5) is 15.0. The molecule has 2 aliphatic heterocycles. The van der Waals surface area contributed by atoms with Crippen molar-refractivity contribution in [2.45, 2.75) is 50.7 Å². The number of ether oxygens (including phenoxy) is 1. The van der Waals surface area contributed by atoms with Crippen molar-refractivity contribution in [3.63, 3.8) is 0 Å². The molecule has 0 aromatic heterocycles. The summed E-state index contributed by atoms with van der Waals surface area (Å²) >= 11 is 0. The van der Waals surface area contributed by atoms with Crippen LogP contribution in [-0.2, 0) is 16.1 Å². The van der Waals surface area contributed by atoms with Crippen LogP contribution in [0.2, 0.25) is 0 Å². The Morgan fingerprint density at radius 1 is 1.23 bits per heavy atom. The van der Waals surface area contributed by atoms with E-state index in [-0.39, 0.29) is 36.8 Å². The second kappa shape index (κ2) is 10.5. The van der Waals surface area contributed by atoms with Crippen LogP contribution >= 0.6 is 24.8 Å². The number of carbonyl (C=O) groups is 1. The van der Waals surface area contributed by atoms with Gasteiger partial charge in [0.1, 0.15) is 0 Å². The molecule has 0 bridgehead atoms. The number of likely N-dealkylation sites (tertiary alicyclic amines) is 1. The summed E-state index contributed by atoms with van der Waals surface area (Å²) < 4.78 is 5.32. The van der Waals surface area contributed by atoms with Gasteiger partial charge >= 0.3 is 0 Å². The molecule has 0 spiro atoms. The van der Waals surface area contributed by atoms with Crippen molar-refractivity contribution in [3.8, 4) is 0 Å². The predicted molar refractivity (Wildman–Crippen MR) is 109 cm³/mol. The molecule has 0 radical (unpaired) electrons. The van der Waals surface area contributed by atoms with Gasteiger partial charge < -0.3 is 15.8 Å². The van der Waals surface area contributed by atoms with E-state index in [0.717, 1.165) is 32.5 Å². The van der Waals surface area contributed by atoms with E-state index in [0.29, 0.717) is 26.1 Å². The second-order valence-electron chi connectivity index (χ2n) is 7.22. The minimum Gasteiger partial charge on any atom is -0.381 e. The molecule has 26 heavy (non-hydrogen) atoms. The largest absolute Gasteiger partial charge is 0.381 e. The van der Waals surface area contributed by atoms with Crippen LogP contribution in [-0.4, -0.2) is 48.7 Å². The zero-order chi connectivity index (χ0) is 17.0. The van der Waals surface area contributed by atoms with E-state index in [4.69, 9.17) is 10.5 Å². The van der Waals surface area contributed by atoms with Gasteiger partial charge in [-0.25, -0.2) is 0 Å². The van der Waals surface area contributed by atoms with Gasteiger partial charge in [0.25, 0.3) is 0 Å². The summed E-state index contributed by atoms with van der Waals surface area (Å²) in [6.45, 7) is 6.35. The topological polar surface area (TPSA) is 67.6 Å². The molecule has 1 aromatic rings. The molecule has 2 aliphatic rings. The number of rotatable bonds is 4. The van der Waals surface area contributed by atoms with Crippen LogP contribution in [0.4, 0.5) is 0 Å². The number of nitrogens with one attached hydrogen (secondary N) is 1. The Labute approximate surface area is 168 Å². The third-order valence-corrected chi connectivity index (χ3v) is 5.42. The smallest absolute Gasteiger partial charge is 0.240 e. The van der Waals surface area contributed by atoms with Gasteiger partial charge in [0.2, 0.25) is 5.91 Å². The molecule has 0 unspecified atom stereocenters. The lowest BCUT2D eigenvalue weighted by Crippen LogP contribution is -2.59. The van der Waals surface area contributed by atoms with Gasteiger partial charge in [-0.15, -0.1) is 24.8 Å². The predicted octanol–water partition coefficient (Wildman–Crippen LogP) is 2.43. The number of hydrogen-bond donors (Lipinski definition) is 2. The van der Waals surface area contributed by atoms with Crippen molar-refractivity contribution in [2.75, 3.05) is 26.3 Å². The molecule has 5 nitrogen and oxygen atoms in total. The quantitative estimate of drug-likeness (QED) is 0.809. The molecular weight excluding hydrogens is 373 g/mol. The normalized spacial score (nSPS) is 20.5. The Morgan fingerprint density at radius 2 is 1.85 bits per heavy atom. The molecule has 2 heterocycles. The van der Waals surface area contributed by atoms with Gasteiger partial charge in [0, 0.05) is 38.9 Å². The first-order valence-corrected chi connectivity index (χ1v) is 9.01. The Bertz CT molecular complexity index is 572. The fourth-order valence-electron chi connectivity index (χ4n) is 3.56. The summed E-state index contributed by atoms with van der Waals surface area (Å²) in [5.41, 5.74) is 8.26. The first kappa shape index (κ1) is 23.2. The van der Waals surface area contributed by atoms with E-state index >= 15 is 0 Å². The highest BCUT2D eigenvalue weighted by Crippen LogP contribution is 2.20. The highest BCUT2D eigenvalue weighted by Gasteiger charge is 2.37. The molecule has 2 saturated heterocycles. The number of nitrogens with zero attached hydrogens (tertiary/aromatic N) is 1. The number of hydrogen-bond acceptors (Lipinski definition) is 4. The average molecular weight is 404 g/mol.